The fourth-order valence-electron chi connectivity index (χ4n) is 1.67. The summed E-state index contributed by atoms with van der Waals surface area (Å²) in [5, 5.41) is 0. The molecule has 0 aromatic rings. The fourth-order valence-corrected chi connectivity index (χ4v) is 1.67. The van der Waals surface area contributed by atoms with Crippen LogP contribution >= 0.6 is 0 Å². The van der Waals surface area contributed by atoms with Crippen molar-refractivity contribution in [2.24, 2.45) is 0 Å². The average Bonchev–Trinajstić information content (AvgIpc) is 1.82. The first-order valence-corrected chi connectivity index (χ1v) is 4.01. The molecule has 0 bridgehead atoms. The van der Waals surface area contributed by atoms with Crippen LogP contribution in [0.1, 0.15) is 13.8 Å². The lowest BCUT2D eigenvalue weighted by atomic mass is 10.1. The SMILES string of the molecule is CC1CN(C)CC(C)N1C. The highest BCUT2D eigenvalue weighted by molar-refractivity contribution is 4.80. The first-order valence-electron chi connectivity index (χ1n) is 4.01. The highest BCUT2D eigenvalue weighted by Gasteiger charge is 2.23. The molecule has 0 aromatic carbocycles. The Morgan fingerprint density at radius 3 is 1.80 bits per heavy atom. The second kappa shape index (κ2) is 2.89. The molecule has 0 spiro atoms. The molecule has 60 valence electrons. The summed E-state index contributed by atoms with van der Waals surface area (Å²) in [6, 6.07) is 1.43. The molecule has 2 heteroatoms. The van der Waals surface area contributed by atoms with Crippen molar-refractivity contribution < 1.29 is 0 Å². The number of rotatable bonds is 0. The first-order chi connectivity index (χ1) is 4.61. The van der Waals surface area contributed by atoms with E-state index in [0.29, 0.717) is 12.1 Å². The van der Waals surface area contributed by atoms with Crippen molar-refractivity contribution in [1.82, 2.24) is 9.80 Å². The lowest BCUT2D eigenvalue weighted by Crippen LogP contribution is -2.53. The Labute approximate surface area is 63.8 Å². The average molecular weight is 142 g/mol. The molecule has 2 atom stereocenters. The minimum atomic E-state index is 0.716. The predicted octanol–water partition coefficient (Wildman–Crippen LogP) is 0.641. The fraction of sp³-hybridized carbons (Fsp3) is 1.00. The van der Waals surface area contributed by atoms with Crippen LogP contribution in [0.25, 0.3) is 0 Å². The molecule has 1 aliphatic rings. The van der Waals surface area contributed by atoms with E-state index in [-0.39, 0.29) is 0 Å². The van der Waals surface area contributed by atoms with Crippen LogP contribution in [0.15, 0.2) is 0 Å². The maximum Gasteiger partial charge on any atom is 0.0195 e. The second-order valence-corrected chi connectivity index (χ2v) is 3.58. The zero-order valence-electron chi connectivity index (χ0n) is 7.46. The standard InChI is InChI=1S/C8H18N2/c1-7-5-9(3)6-8(2)10(7)4/h7-8H,5-6H2,1-4H3. The van der Waals surface area contributed by atoms with Crippen molar-refractivity contribution >= 4 is 0 Å². The first kappa shape index (κ1) is 8.02. The zero-order chi connectivity index (χ0) is 7.72. The van der Waals surface area contributed by atoms with Gasteiger partial charge in [-0.3, -0.25) is 4.90 Å². The summed E-state index contributed by atoms with van der Waals surface area (Å²) in [6.45, 7) is 6.99. The van der Waals surface area contributed by atoms with Gasteiger partial charge in [0.2, 0.25) is 0 Å². The number of hydrogen-bond acceptors (Lipinski definition) is 2. The van der Waals surface area contributed by atoms with Gasteiger partial charge in [0.15, 0.2) is 0 Å². The van der Waals surface area contributed by atoms with Crippen LogP contribution in [0.2, 0.25) is 0 Å². The van der Waals surface area contributed by atoms with E-state index >= 15 is 0 Å². The maximum absolute atomic E-state index is 2.44. The van der Waals surface area contributed by atoms with Gasteiger partial charge in [-0.2, -0.15) is 0 Å². The van der Waals surface area contributed by atoms with Crippen LogP contribution in [-0.4, -0.2) is 49.1 Å². The smallest absolute Gasteiger partial charge is 0.0195 e. The summed E-state index contributed by atoms with van der Waals surface area (Å²) in [6.07, 6.45) is 0. The number of likely N-dealkylation sites (N-methyl/N-ethyl adjacent to an activating group) is 2. The highest BCUT2D eigenvalue weighted by Crippen LogP contribution is 2.10. The molecule has 10 heavy (non-hydrogen) atoms. The molecule has 1 saturated heterocycles. The van der Waals surface area contributed by atoms with Gasteiger partial charge in [0.25, 0.3) is 0 Å². The Morgan fingerprint density at radius 1 is 1.00 bits per heavy atom. The van der Waals surface area contributed by atoms with Crippen LogP contribution in [0, 0.1) is 0 Å². The van der Waals surface area contributed by atoms with E-state index in [2.05, 4.69) is 37.7 Å². The molecule has 2 unspecified atom stereocenters. The van der Waals surface area contributed by atoms with E-state index in [1.807, 2.05) is 0 Å². The zero-order valence-corrected chi connectivity index (χ0v) is 7.46. The lowest BCUT2D eigenvalue weighted by molar-refractivity contribution is 0.0761. The highest BCUT2D eigenvalue weighted by atomic mass is 15.3. The van der Waals surface area contributed by atoms with Crippen LogP contribution < -0.4 is 0 Å². The van der Waals surface area contributed by atoms with Gasteiger partial charge in [0, 0.05) is 25.2 Å². The van der Waals surface area contributed by atoms with Gasteiger partial charge in [-0.15, -0.1) is 0 Å². The van der Waals surface area contributed by atoms with Gasteiger partial charge < -0.3 is 4.90 Å². The van der Waals surface area contributed by atoms with E-state index < -0.39 is 0 Å². The third kappa shape index (κ3) is 1.50. The molecule has 0 saturated carbocycles. The van der Waals surface area contributed by atoms with E-state index in [9.17, 15) is 0 Å². The molecule has 1 fully saturated rings. The van der Waals surface area contributed by atoms with E-state index in [4.69, 9.17) is 0 Å². The van der Waals surface area contributed by atoms with Gasteiger partial charge in [0.05, 0.1) is 0 Å². The van der Waals surface area contributed by atoms with Gasteiger partial charge in [-0.05, 0) is 27.9 Å². The Balaban J connectivity index is 2.49. The van der Waals surface area contributed by atoms with Crippen molar-refractivity contribution in [3.05, 3.63) is 0 Å². The summed E-state index contributed by atoms with van der Waals surface area (Å²) >= 11 is 0. The molecule has 0 aromatic heterocycles. The summed E-state index contributed by atoms with van der Waals surface area (Å²) in [7, 11) is 4.41. The quantitative estimate of drug-likeness (QED) is 0.490. The number of hydrogen-bond donors (Lipinski definition) is 0. The molecule has 0 amide bonds. The minimum absolute atomic E-state index is 0.716. The predicted molar refractivity (Wildman–Crippen MR) is 44.2 cm³/mol. The van der Waals surface area contributed by atoms with Gasteiger partial charge >= 0.3 is 0 Å². The van der Waals surface area contributed by atoms with Crippen LogP contribution in [0.3, 0.4) is 0 Å². The molecular formula is C8H18N2. The number of nitrogens with zero attached hydrogens (tertiary/aromatic N) is 2. The van der Waals surface area contributed by atoms with E-state index in [1.54, 1.807) is 0 Å². The monoisotopic (exact) mass is 142 g/mol. The Morgan fingerprint density at radius 2 is 1.40 bits per heavy atom. The number of piperazine rings is 1. The van der Waals surface area contributed by atoms with Gasteiger partial charge in [-0.25, -0.2) is 0 Å². The largest absolute Gasteiger partial charge is 0.303 e. The minimum Gasteiger partial charge on any atom is -0.303 e. The molecule has 0 radical (unpaired) electrons. The van der Waals surface area contributed by atoms with Crippen LogP contribution in [0.5, 0.6) is 0 Å². The van der Waals surface area contributed by atoms with Gasteiger partial charge in [0.1, 0.15) is 0 Å². The molecule has 1 rings (SSSR count). The molecule has 0 aliphatic carbocycles. The molecule has 1 aliphatic heterocycles. The normalized spacial score (nSPS) is 38.4. The van der Waals surface area contributed by atoms with Crippen molar-refractivity contribution in [3.8, 4) is 0 Å². The second-order valence-electron chi connectivity index (χ2n) is 3.58. The Kier molecular flexibility index (Phi) is 2.32. The Bertz CT molecular complexity index is 102. The maximum atomic E-state index is 2.44. The van der Waals surface area contributed by atoms with E-state index in [1.165, 1.54) is 13.1 Å². The summed E-state index contributed by atoms with van der Waals surface area (Å²) in [5.41, 5.74) is 0. The summed E-state index contributed by atoms with van der Waals surface area (Å²) < 4.78 is 0. The third-order valence-corrected chi connectivity index (χ3v) is 2.54. The third-order valence-electron chi connectivity index (χ3n) is 2.54. The van der Waals surface area contributed by atoms with Gasteiger partial charge in [-0.1, -0.05) is 0 Å². The lowest BCUT2D eigenvalue weighted by Gasteiger charge is -2.40. The molecule has 2 nitrogen and oxygen atoms in total. The van der Waals surface area contributed by atoms with E-state index in [0.717, 1.165) is 0 Å². The Hall–Kier alpha value is -0.0800. The topological polar surface area (TPSA) is 6.48 Å². The van der Waals surface area contributed by atoms with Crippen molar-refractivity contribution in [2.75, 3.05) is 27.2 Å². The van der Waals surface area contributed by atoms with Crippen LogP contribution in [0.4, 0.5) is 0 Å². The molecular weight excluding hydrogens is 124 g/mol. The summed E-state index contributed by atoms with van der Waals surface area (Å²) in [5.74, 6) is 0. The van der Waals surface area contributed by atoms with Crippen LogP contribution in [-0.2, 0) is 0 Å². The van der Waals surface area contributed by atoms with Crippen molar-refractivity contribution in [2.45, 2.75) is 25.9 Å². The van der Waals surface area contributed by atoms with Crippen molar-refractivity contribution in [3.63, 3.8) is 0 Å². The van der Waals surface area contributed by atoms with Crippen molar-refractivity contribution in [1.29, 1.82) is 0 Å². The molecule has 1 heterocycles. The molecule has 0 N–H and O–H groups in total. The summed E-state index contributed by atoms with van der Waals surface area (Å²) in [4.78, 5) is 4.84.